The molecule has 0 saturated carbocycles. The zero-order chi connectivity index (χ0) is 15.3. The lowest BCUT2D eigenvalue weighted by atomic mass is 10.1. The maximum Gasteiger partial charge on any atom is 0.243 e. The first-order chi connectivity index (χ1) is 10.1. The van der Waals surface area contributed by atoms with Gasteiger partial charge in [-0.1, -0.05) is 19.1 Å². The molecule has 0 aliphatic carbocycles. The van der Waals surface area contributed by atoms with E-state index in [0.717, 1.165) is 12.0 Å². The number of hydrogen-bond donors (Lipinski definition) is 1. The smallest absolute Gasteiger partial charge is 0.243 e. The molecular formula is C15H23NO4S. The molecule has 2 rings (SSSR count). The van der Waals surface area contributed by atoms with Crippen LogP contribution in [-0.4, -0.2) is 50.2 Å². The molecule has 0 amide bonds. The number of piperidine rings is 1. The van der Waals surface area contributed by atoms with Crippen LogP contribution in [0.1, 0.15) is 25.3 Å². The maximum absolute atomic E-state index is 12.6. The van der Waals surface area contributed by atoms with Gasteiger partial charge in [0.15, 0.2) is 0 Å². The van der Waals surface area contributed by atoms with Crippen molar-refractivity contribution in [3.63, 3.8) is 0 Å². The standard InChI is InChI=1S/C15H23NO4S/c1-2-13-3-5-15(6-4-13)21(18,19)16-9-7-14(8-10-16)20-12-11-17/h3-6,14,17H,2,7-12H2,1H3. The van der Waals surface area contributed by atoms with Gasteiger partial charge >= 0.3 is 0 Å². The van der Waals surface area contributed by atoms with E-state index >= 15 is 0 Å². The Morgan fingerprint density at radius 1 is 1.24 bits per heavy atom. The molecule has 1 aliphatic rings. The number of sulfonamides is 1. The minimum absolute atomic E-state index is 0.00227. The van der Waals surface area contributed by atoms with Gasteiger partial charge in [0.05, 0.1) is 24.2 Å². The SMILES string of the molecule is CCc1ccc(S(=O)(=O)N2CCC(OCCO)CC2)cc1. The summed E-state index contributed by atoms with van der Waals surface area (Å²) in [5.74, 6) is 0. The summed E-state index contributed by atoms with van der Waals surface area (Å²) in [7, 11) is -3.40. The molecular weight excluding hydrogens is 290 g/mol. The Kier molecular flexibility index (Phi) is 5.75. The lowest BCUT2D eigenvalue weighted by molar-refractivity contribution is 0.00318. The van der Waals surface area contributed by atoms with Gasteiger partial charge < -0.3 is 9.84 Å². The van der Waals surface area contributed by atoms with E-state index in [0.29, 0.717) is 37.4 Å². The van der Waals surface area contributed by atoms with Crippen molar-refractivity contribution in [3.05, 3.63) is 29.8 Å². The number of nitrogens with zero attached hydrogens (tertiary/aromatic N) is 1. The van der Waals surface area contributed by atoms with Crippen molar-refractivity contribution < 1.29 is 18.3 Å². The van der Waals surface area contributed by atoms with Crippen molar-refractivity contribution in [1.29, 1.82) is 0 Å². The maximum atomic E-state index is 12.6. The number of aryl methyl sites for hydroxylation is 1. The minimum atomic E-state index is -3.40. The number of ether oxygens (including phenoxy) is 1. The van der Waals surface area contributed by atoms with Crippen LogP contribution in [0.5, 0.6) is 0 Å². The second-order valence-electron chi connectivity index (χ2n) is 5.20. The van der Waals surface area contributed by atoms with Gasteiger partial charge in [-0.2, -0.15) is 4.31 Å². The summed E-state index contributed by atoms with van der Waals surface area (Å²) >= 11 is 0. The highest BCUT2D eigenvalue weighted by molar-refractivity contribution is 7.89. The average Bonchev–Trinajstić information content (AvgIpc) is 2.53. The zero-order valence-corrected chi connectivity index (χ0v) is 13.2. The molecule has 1 N–H and O–H groups in total. The second-order valence-corrected chi connectivity index (χ2v) is 7.13. The predicted molar refractivity (Wildman–Crippen MR) is 80.6 cm³/mol. The van der Waals surface area contributed by atoms with Crippen LogP contribution < -0.4 is 0 Å². The Balaban J connectivity index is 2.00. The molecule has 21 heavy (non-hydrogen) atoms. The second kappa shape index (κ2) is 7.35. The third-order valence-electron chi connectivity index (χ3n) is 3.82. The van der Waals surface area contributed by atoms with Crippen molar-refractivity contribution in [2.24, 2.45) is 0 Å². The lowest BCUT2D eigenvalue weighted by Gasteiger charge is -2.31. The normalized spacial score (nSPS) is 18.0. The third-order valence-corrected chi connectivity index (χ3v) is 5.73. The molecule has 6 heteroatoms. The molecule has 1 aromatic carbocycles. The number of aliphatic hydroxyl groups excluding tert-OH is 1. The van der Waals surface area contributed by atoms with Gasteiger partial charge in [0.2, 0.25) is 10.0 Å². The Labute approximate surface area is 126 Å². The molecule has 0 aromatic heterocycles. The summed E-state index contributed by atoms with van der Waals surface area (Å²) in [6.45, 7) is 3.29. The van der Waals surface area contributed by atoms with Crippen LogP contribution in [-0.2, 0) is 21.2 Å². The van der Waals surface area contributed by atoms with Crippen LogP contribution in [0.3, 0.4) is 0 Å². The van der Waals surface area contributed by atoms with Crippen LogP contribution in [0.15, 0.2) is 29.2 Å². The summed E-state index contributed by atoms with van der Waals surface area (Å²) in [5.41, 5.74) is 1.13. The van der Waals surface area contributed by atoms with Gasteiger partial charge in [-0.05, 0) is 37.0 Å². The first-order valence-electron chi connectivity index (χ1n) is 7.39. The monoisotopic (exact) mass is 313 g/mol. The van der Waals surface area contributed by atoms with Gasteiger partial charge in [-0.15, -0.1) is 0 Å². The molecule has 0 bridgehead atoms. The Morgan fingerprint density at radius 3 is 2.38 bits per heavy atom. The van der Waals surface area contributed by atoms with Crippen molar-refractivity contribution in [2.45, 2.75) is 37.2 Å². The van der Waals surface area contributed by atoms with E-state index in [-0.39, 0.29) is 12.7 Å². The highest BCUT2D eigenvalue weighted by Crippen LogP contribution is 2.22. The highest BCUT2D eigenvalue weighted by atomic mass is 32.2. The molecule has 1 aliphatic heterocycles. The van der Waals surface area contributed by atoms with Crippen molar-refractivity contribution in [2.75, 3.05) is 26.3 Å². The molecule has 1 saturated heterocycles. The van der Waals surface area contributed by atoms with Gasteiger partial charge in [0, 0.05) is 13.1 Å². The quantitative estimate of drug-likeness (QED) is 0.862. The van der Waals surface area contributed by atoms with Gasteiger partial charge in [-0.25, -0.2) is 8.42 Å². The van der Waals surface area contributed by atoms with E-state index in [4.69, 9.17) is 9.84 Å². The van der Waals surface area contributed by atoms with Gasteiger partial charge in [0.25, 0.3) is 0 Å². The van der Waals surface area contributed by atoms with E-state index in [1.807, 2.05) is 19.1 Å². The summed E-state index contributed by atoms with van der Waals surface area (Å²) in [6, 6.07) is 7.10. The Bertz CT molecular complexity index is 533. The van der Waals surface area contributed by atoms with Crippen molar-refractivity contribution >= 4 is 10.0 Å². The minimum Gasteiger partial charge on any atom is -0.394 e. The van der Waals surface area contributed by atoms with Crippen molar-refractivity contribution in [3.8, 4) is 0 Å². The molecule has 1 aromatic rings. The van der Waals surface area contributed by atoms with Crippen LogP contribution in [0.4, 0.5) is 0 Å². The van der Waals surface area contributed by atoms with Crippen LogP contribution >= 0.6 is 0 Å². The van der Waals surface area contributed by atoms with Crippen LogP contribution in [0, 0.1) is 0 Å². The first-order valence-corrected chi connectivity index (χ1v) is 8.83. The van der Waals surface area contributed by atoms with E-state index in [2.05, 4.69) is 0 Å². The molecule has 0 atom stereocenters. The summed E-state index contributed by atoms with van der Waals surface area (Å²) in [5, 5.41) is 8.74. The molecule has 118 valence electrons. The molecule has 1 fully saturated rings. The Hall–Kier alpha value is -0.950. The predicted octanol–water partition coefficient (Wildman–Crippen LogP) is 1.41. The molecule has 5 nitrogen and oxygen atoms in total. The van der Waals surface area contributed by atoms with Crippen LogP contribution in [0.25, 0.3) is 0 Å². The average molecular weight is 313 g/mol. The fourth-order valence-corrected chi connectivity index (χ4v) is 3.97. The highest BCUT2D eigenvalue weighted by Gasteiger charge is 2.29. The van der Waals surface area contributed by atoms with Gasteiger partial charge in [-0.3, -0.25) is 0 Å². The first kappa shape index (κ1) is 16.4. The summed E-state index contributed by atoms with van der Waals surface area (Å²) in [6.07, 6.45) is 2.29. The van der Waals surface area contributed by atoms with Crippen molar-refractivity contribution in [1.82, 2.24) is 4.31 Å². The van der Waals surface area contributed by atoms with E-state index in [1.54, 1.807) is 12.1 Å². The fraction of sp³-hybridized carbons (Fsp3) is 0.600. The molecule has 0 radical (unpaired) electrons. The van der Waals surface area contributed by atoms with Gasteiger partial charge in [0.1, 0.15) is 0 Å². The van der Waals surface area contributed by atoms with Crippen LogP contribution in [0.2, 0.25) is 0 Å². The van der Waals surface area contributed by atoms with E-state index < -0.39 is 10.0 Å². The zero-order valence-electron chi connectivity index (χ0n) is 12.4. The van der Waals surface area contributed by atoms with E-state index in [1.165, 1.54) is 4.31 Å². The number of rotatable bonds is 6. The number of hydrogen-bond acceptors (Lipinski definition) is 4. The number of benzene rings is 1. The lowest BCUT2D eigenvalue weighted by Crippen LogP contribution is -2.41. The summed E-state index contributed by atoms with van der Waals surface area (Å²) in [4.78, 5) is 0.356. The van der Waals surface area contributed by atoms with E-state index in [9.17, 15) is 8.42 Å². The molecule has 0 unspecified atom stereocenters. The molecule has 1 heterocycles. The Morgan fingerprint density at radius 2 is 1.86 bits per heavy atom. The molecule has 0 spiro atoms. The largest absolute Gasteiger partial charge is 0.394 e. The number of aliphatic hydroxyl groups is 1. The topological polar surface area (TPSA) is 66.8 Å². The third kappa shape index (κ3) is 4.03. The summed E-state index contributed by atoms with van der Waals surface area (Å²) < 4.78 is 32.1. The fourth-order valence-electron chi connectivity index (χ4n) is 2.50.